The van der Waals surface area contributed by atoms with Crippen molar-refractivity contribution in [2.24, 2.45) is 0 Å². The quantitative estimate of drug-likeness (QED) is 0.888. The second kappa shape index (κ2) is 5.81. The van der Waals surface area contributed by atoms with E-state index in [1.807, 2.05) is 0 Å². The number of rotatable bonds is 5. The van der Waals surface area contributed by atoms with Crippen molar-refractivity contribution in [3.8, 4) is 0 Å². The molecule has 0 aliphatic heterocycles. The van der Waals surface area contributed by atoms with Gasteiger partial charge in [0.1, 0.15) is 0 Å². The van der Waals surface area contributed by atoms with E-state index in [-0.39, 0.29) is 16.2 Å². The Bertz CT molecular complexity index is 553. The van der Waals surface area contributed by atoms with E-state index in [4.69, 9.17) is 9.84 Å². The number of methoxy groups -OCH3 is 1. The number of carboxylic acids is 1. The lowest BCUT2D eigenvalue weighted by atomic mass is 10.2. The summed E-state index contributed by atoms with van der Waals surface area (Å²) in [6.45, 7) is 1.63. The molecule has 0 aromatic heterocycles. The summed E-state index contributed by atoms with van der Waals surface area (Å²) in [7, 11) is -2.13. The minimum Gasteiger partial charge on any atom is -0.478 e. The molecule has 0 bridgehead atoms. The largest absolute Gasteiger partial charge is 0.478 e. The maximum absolute atomic E-state index is 12.0. The van der Waals surface area contributed by atoms with Crippen LogP contribution in [0, 0.1) is 0 Å². The minimum absolute atomic E-state index is 0.0213. The van der Waals surface area contributed by atoms with Crippen LogP contribution in [0.5, 0.6) is 0 Å². The lowest BCUT2D eigenvalue weighted by Gasteiger charge is -2.11. The first-order valence-electron chi connectivity index (χ1n) is 5.06. The van der Waals surface area contributed by atoms with E-state index in [2.05, 4.69) is 15.9 Å². The van der Waals surface area contributed by atoms with Gasteiger partial charge in [0, 0.05) is 11.6 Å². The van der Waals surface area contributed by atoms with Crippen molar-refractivity contribution < 1.29 is 23.1 Å². The van der Waals surface area contributed by atoms with Gasteiger partial charge in [-0.25, -0.2) is 13.2 Å². The van der Waals surface area contributed by atoms with Crippen molar-refractivity contribution in [3.05, 3.63) is 28.2 Å². The van der Waals surface area contributed by atoms with Crippen molar-refractivity contribution in [1.82, 2.24) is 0 Å². The molecule has 1 aromatic rings. The molecule has 0 heterocycles. The van der Waals surface area contributed by atoms with Crippen LogP contribution in [0.4, 0.5) is 0 Å². The fraction of sp³-hybridized carbons (Fsp3) is 0.364. The van der Waals surface area contributed by atoms with Crippen molar-refractivity contribution >= 4 is 31.7 Å². The number of sulfone groups is 1. The summed E-state index contributed by atoms with van der Waals surface area (Å²) in [5, 5.41) is 8.93. The normalized spacial score (nSPS) is 13.3. The summed E-state index contributed by atoms with van der Waals surface area (Å²) in [5.74, 6) is -1.37. The lowest BCUT2D eigenvalue weighted by molar-refractivity contribution is 0.0695. The van der Waals surface area contributed by atoms with Gasteiger partial charge in [-0.3, -0.25) is 0 Å². The number of benzene rings is 1. The van der Waals surface area contributed by atoms with E-state index in [0.29, 0.717) is 4.47 Å². The Morgan fingerprint density at radius 1 is 1.50 bits per heavy atom. The topological polar surface area (TPSA) is 80.7 Å². The molecule has 1 unspecified atom stereocenters. The van der Waals surface area contributed by atoms with Gasteiger partial charge < -0.3 is 9.84 Å². The highest BCUT2D eigenvalue weighted by molar-refractivity contribution is 9.10. The number of carbonyl (C=O) groups is 1. The lowest BCUT2D eigenvalue weighted by Crippen LogP contribution is -2.20. The van der Waals surface area contributed by atoms with Crippen molar-refractivity contribution in [3.63, 3.8) is 0 Å². The van der Waals surface area contributed by atoms with E-state index in [1.165, 1.54) is 19.2 Å². The van der Waals surface area contributed by atoms with Crippen LogP contribution < -0.4 is 0 Å². The molecule has 0 spiro atoms. The Hall–Kier alpha value is -0.920. The van der Waals surface area contributed by atoms with E-state index < -0.39 is 21.9 Å². The summed E-state index contributed by atoms with van der Waals surface area (Å²) in [6, 6.07) is 3.92. The molecule has 18 heavy (non-hydrogen) atoms. The molecule has 0 saturated carbocycles. The van der Waals surface area contributed by atoms with Crippen LogP contribution in [0.2, 0.25) is 0 Å². The molecule has 5 nitrogen and oxygen atoms in total. The molecule has 0 aliphatic carbocycles. The van der Waals surface area contributed by atoms with E-state index in [9.17, 15) is 13.2 Å². The summed E-state index contributed by atoms with van der Waals surface area (Å²) in [6.07, 6.45) is -0.452. The first-order valence-corrected chi connectivity index (χ1v) is 7.51. The third kappa shape index (κ3) is 3.54. The Kier molecular flexibility index (Phi) is 4.89. The zero-order valence-corrected chi connectivity index (χ0v) is 12.3. The number of hydrogen-bond acceptors (Lipinski definition) is 4. The number of aromatic carboxylic acids is 1. The van der Waals surface area contributed by atoms with Gasteiger partial charge in [0.15, 0.2) is 9.84 Å². The van der Waals surface area contributed by atoms with E-state index in [1.54, 1.807) is 6.92 Å². The van der Waals surface area contributed by atoms with E-state index >= 15 is 0 Å². The fourth-order valence-corrected chi connectivity index (χ4v) is 3.27. The minimum atomic E-state index is -3.55. The monoisotopic (exact) mass is 336 g/mol. The standard InChI is InChI=1S/C11H13BrO5S/c1-7(17-2)6-18(15,16)8-3-4-10(12)9(5-8)11(13)14/h3-5,7H,6H2,1-2H3,(H,13,14). The molecular formula is C11H13BrO5S. The van der Waals surface area contributed by atoms with Crippen LogP contribution in [0.25, 0.3) is 0 Å². The van der Waals surface area contributed by atoms with Crippen LogP contribution in [-0.2, 0) is 14.6 Å². The van der Waals surface area contributed by atoms with Gasteiger partial charge in [0.05, 0.1) is 22.3 Å². The number of halogens is 1. The average Bonchev–Trinajstić information content (AvgIpc) is 2.28. The first kappa shape index (κ1) is 15.1. The van der Waals surface area contributed by atoms with Gasteiger partial charge in [-0.1, -0.05) is 0 Å². The smallest absolute Gasteiger partial charge is 0.336 e. The molecular weight excluding hydrogens is 324 g/mol. The van der Waals surface area contributed by atoms with Gasteiger partial charge in [-0.15, -0.1) is 0 Å². The van der Waals surface area contributed by atoms with Crippen molar-refractivity contribution in [1.29, 1.82) is 0 Å². The molecule has 1 N–H and O–H groups in total. The number of ether oxygens (including phenoxy) is 1. The molecule has 7 heteroatoms. The molecule has 1 rings (SSSR count). The molecule has 0 fully saturated rings. The Morgan fingerprint density at radius 2 is 2.11 bits per heavy atom. The molecule has 0 amide bonds. The Labute approximate surface area is 114 Å². The Balaban J connectivity index is 3.18. The second-order valence-corrected chi connectivity index (χ2v) is 6.66. The molecule has 0 aliphatic rings. The SMILES string of the molecule is COC(C)CS(=O)(=O)c1ccc(Br)c(C(=O)O)c1. The predicted molar refractivity (Wildman–Crippen MR) is 69.6 cm³/mol. The third-order valence-corrected chi connectivity index (χ3v) is 4.96. The van der Waals surface area contributed by atoms with Crippen LogP contribution in [0.15, 0.2) is 27.6 Å². The predicted octanol–water partition coefficient (Wildman–Crippen LogP) is 1.96. The van der Waals surface area contributed by atoms with Crippen LogP contribution >= 0.6 is 15.9 Å². The zero-order chi connectivity index (χ0) is 13.9. The van der Waals surface area contributed by atoms with Crippen molar-refractivity contribution in [2.45, 2.75) is 17.9 Å². The first-order chi connectivity index (χ1) is 8.27. The van der Waals surface area contributed by atoms with Crippen molar-refractivity contribution in [2.75, 3.05) is 12.9 Å². The third-order valence-electron chi connectivity index (χ3n) is 2.38. The van der Waals surface area contributed by atoms with E-state index in [0.717, 1.165) is 6.07 Å². The van der Waals surface area contributed by atoms with Crippen LogP contribution in [0.3, 0.4) is 0 Å². The van der Waals surface area contributed by atoms with Crippen LogP contribution in [-0.4, -0.2) is 38.5 Å². The fourth-order valence-electron chi connectivity index (χ4n) is 1.33. The number of carboxylic acid groups (broad SMARTS) is 1. The average molecular weight is 337 g/mol. The summed E-state index contributed by atoms with van der Waals surface area (Å²) in [5.41, 5.74) is -0.0823. The molecule has 100 valence electrons. The zero-order valence-electron chi connectivity index (χ0n) is 9.88. The van der Waals surface area contributed by atoms with Gasteiger partial charge >= 0.3 is 5.97 Å². The summed E-state index contributed by atoms with van der Waals surface area (Å²) < 4.78 is 29.2. The van der Waals surface area contributed by atoms with Gasteiger partial charge in [0.2, 0.25) is 0 Å². The molecule has 0 radical (unpaired) electrons. The highest BCUT2D eigenvalue weighted by Gasteiger charge is 2.20. The highest BCUT2D eigenvalue weighted by Crippen LogP contribution is 2.22. The summed E-state index contributed by atoms with van der Waals surface area (Å²) in [4.78, 5) is 10.9. The molecule has 1 atom stereocenters. The Morgan fingerprint density at radius 3 is 2.61 bits per heavy atom. The van der Waals surface area contributed by atoms with Gasteiger partial charge in [-0.05, 0) is 41.1 Å². The number of hydrogen-bond donors (Lipinski definition) is 1. The maximum atomic E-state index is 12.0. The van der Waals surface area contributed by atoms with Crippen LogP contribution in [0.1, 0.15) is 17.3 Å². The molecule has 0 saturated heterocycles. The molecule has 1 aromatic carbocycles. The second-order valence-electron chi connectivity index (χ2n) is 3.77. The van der Waals surface area contributed by atoms with Gasteiger partial charge in [-0.2, -0.15) is 0 Å². The maximum Gasteiger partial charge on any atom is 0.336 e. The highest BCUT2D eigenvalue weighted by atomic mass is 79.9. The van der Waals surface area contributed by atoms with Gasteiger partial charge in [0.25, 0.3) is 0 Å². The summed E-state index contributed by atoms with van der Waals surface area (Å²) >= 11 is 3.06.